The van der Waals surface area contributed by atoms with Crippen molar-refractivity contribution in [2.45, 2.75) is 18.8 Å². The van der Waals surface area contributed by atoms with E-state index in [0.717, 1.165) is 0 Å². The third-order valence-electron chi connectivity index (χ3n) is 3.05. The summed E-state index contributed by atoms with van der Waals surface area (Å²) >= 11 is 0. The third kappa shape index (κ3) is 3.89. The number of rotatable bonds is 4. The Morgan fingerprint density at radius 2 is 2.05 bits per heavy atom. The minimum absolute atomic E-state index is 0.0540. The van der Waals surface area contributed by atoms with Crippen molar-refractivity contribution in [1.29, 1.82) is 0 Å². The molecule has 114 valence electrons. The molecular weight excluding hydrogens is 288 g/mol. The van der Waals surface area contributed by atoms with Crippen molar-refractivity contribution in [2.75, 3.05) is 13.6 Å². The van der Waals surface area contributed by atoms with Crippen molar-refractivity contribution >= 4 is 10.9 Å². The van der Waals surface area contributed by atoms with Gasteiger partial charge in [-0.15, -0.1) is 0 Å². The van der Waals surface area contributed by atoms with Crippen LogP contribution in [0.1, 0.15) is 5.56 Å². The molecule has 7 heteroatoms. The predicted molar refractivity (Wildman–Crippen MR) is 70.1 cm³/mol. The summed E-state index contributed by atoms with van der Waals surface area (Å²) in [6.07, 6.45) is -5.57. The van der Waals surface area contributed by atoms with E-state index in [0.29, 0.717) is 16.5 Å². The molecule has 21 heavy (non-hydrogen) atoms. The molecule has 1 unspecified atom stereocenters. The van der Waals surface area contributed by atoms with Gasteiger partial charge in [0.1, 0.15) is 5.82 Å². The number of aliphatic hydroxyl groups is 1. The fourth-order valence-corrected chi connectivity index (χ4v) is 2.10. The number of benzene rings is 1. The average molecular weight is 302 g/mol. The SMILES string of the molecule is CN(Cc1cc(F)cc2cccnc12)CC(O)C(F)(F)F. The average Bonchev–Trinajstić information content (AvgIpc) is 2.37. The van der Waals surface area contributed by atoms with Gasteiger partial charge < -0.3 is 5.11 Å². The Morgan fingerprint density at radius 3 is 2.71 bits per heavy atom. The van der Waals surface area contributed by atoms with Gasteiger partial charge >= 0.3 is 6.18 Å². The lowest BCUT2D eigenvalue weighted by Gasteiger charge is -2.22. The molecule has 0 aliphatic heterocycles. The van der Waals surface area contributed by atoms with Crippen molar-refractivity contribution in [3.05, 3.63) is 41.8 Å². The maximum atomic E-state index is 13.5. The Labute approximate surface area is 118 Å². The molecule has 3 nitrogen and oxygen atoms in total. The number of aromatic nitrogens is 1. The molecule has 1 heterocycles. The van der Waals surface area contributed by atoms with Crippen molar-refractivity contribution in [2.24, 2.45) is 0 Å². The molecule has 1 N–H and O–H groups in total. The van der Waals surface area contributed by atoms with Gasteiger partial charge in [-0.25, -0.2) is 4.39 Å². The number of nitrogens with zero attached hydrogens (tertiary/aromatic N) is 2. The van der Waals surface area contributed by atoms with Crippen molar-refractivity contribution in [3.8, 4) is 0 Å². The lowest BCUT2D eigenvalue weighted by Crippen LogP contribution is -2.39. The normalized spacial score (nSPS) is 13.9. The van der Waals surface area contributed by atoms with Crippen LogP contribution in [-0.4, -0.2) is 40.9 Å². The molecular formula is C14H14F4N2O. The van der Waals surface area contributed by atoms with E-state index in [1.165, 1.54) is 30.3 Å². The monoisotopic (exact) mass is 302 g/mol. The molecule has 0 bridgehead atoms. The summed E-state index contributed by atoms with van der Waals surface area (Å²) in [5.41, 5.74) is 1.01. The summed E-state index contributed by atoms with van der Waals surface area (Å²) in [4.78, 5) is 5.40. The van der Waals surface area contributed by atoms with Crippen LogP contribution in [-0.2, 0) is 6.54 Å². The van der Waals surface area contributed by atoms with Crippen molar-refractivity contribution < 1.29 is 22.7 Å². The fourth-order valence-electron chi connectivity index (χ4n) is 2.10. The second-order valence-corrected chi connectivity index (χ2v) is 4.89. The number of aliphatic hydroxyl groups excluding tert-OH is 1. The van der Waals surface area contributed by atoms with Gasteiger partial charge in [0.15, 0.2) is 6.10 Å². The number of hydrogen-bond donors (Lipinski definition) is 1. The van der Waals surface area contributed by atoms with Gasteiger partial charge in [0.25, 0.3) is 0 Å². The summed E-state index contributed by atoms with van der Waals surface area (Å²) in [7, 11) is 1.43. The fraction of sp³-hybridized carbons (Fsp3) is 0.357. The largest absolute Gasteiger partial charge is 0.415 e. The van der Waals surface area contributed by atoms with Gasteiger partial charge in [-0.2, -0.15) is 13.2 Å². The van der Waals surface area contributed by atoms with E-state index in [9.17, 15) is 17.6 Å². The van der Waals surface area contributed by atoms with Crippen LogP contribution in [0, 0.1) is 5.82 Å². The minimum Gasteiger partial charge on any atom is -0.382 e. The highest BCUT2D eigenvalue weighted by Crippen LogP contribution is 2.23. The Hall–Kier alpha value is -1.73. The summed E-state index contributed by atoms with van der Waals surface area (Å²) < 4.78 is 50.5. The van der Waals surface area contributed by atoms with Gasteiger partial charge in [-0.05, 0) is 30.8 Å². The number of likely N-dealkylation sites (N-methyl/N-ethyl adjacent to an activating group) is 1. The minimum atomic E-state index is -4.67. The molecule has 2 aromatic rings. The summed E-state index contributed by atoms with van der Waals surface area (Å²) in [5, 5.41) is 9.63. The Balaban J connectivity index is 2.20. The highest BCUT2D eigenvalue weighted by Gasteiger charge is 2.38. The van der Waals surface area contributed by atoms with E-state index in [1.807, 2.05) is 0 Å². The first-order valence-corrected chi connectivity index (χ1v) is 6.24. The van der Waals surface area contributed by atoms with Crippen molar-refractivity contribution in [3.63, 3.8) is 0 Å². The Bertz CT molecular complexity index is 630. The second-order valence-electron chi connectivity index (χ2n) is 4.89. The molecule has 2 rings (SSSR count). The molecule has 0 amide bonds. The molecule has 0 radical (unpaired) electrons. The molecule has 0 aliphatic rings. The number of pyridine rings is 1. The number of fused-ring (bicyclic) bond motifs is 1. The van der Waals surface area contributed by atoms with Gasteiger partial charge in [0, 0.05) is 24.7 Å². The molecule has 0 fully saturated rings. The zero-order chi connectivity index (χ0) is 15.6. The van der Waals surface area contributed by atoms with E-state index in [4.69, 9.17) is 5.11 Å². The number of halogens is 4. The van der Waals surface area contributed by atoms with E-state index in [2.05, 4.69) is 4.98 Å². The van der Waals surface area contributed by atoms with E-state index < -0.39 is 24.6 Å². The molecule has 1 atom stereocenters. The summed E-state index contributed by atoms with van der Waals surface area (Å²) in [5.74, 6) is -0.477. The van der Waals surface area contributed by atoms with Crippen LogP contribution < -0.4 is 0 Å². The summed E-state index contributed by atoms with van der Waals surface area (Å²) in [6.45, 7) is -0.535. The van der Waals surface area contributed by atoms with Crippen LogP contribution in [0.15, 0.2) is 30.5 Å². The quantitative estimate of drug-likeness (QED) is 0.882. The van der Waals surface area contributed by atoms with Gasteiger partial charge in [0.2, 0.25) is 0 Å². The smallest absolute Gasteiger partial charge is 0.382 e. The van der Waals surface area contributed by atoms with Gasteiger partial charge in [-0.1, -0.05) is 6.07 Å². The zero-order valence-electron chi connectivity index (χ0n) is 11.2. The third-order valence-corrected chi connectivity index (χ3v) is 3.05. The Kier molecular flexibility index (Phi) is 4.43. The standard InChI is InChI=1S/C14H14F4N2O/c1-20(8-12(21)14(16,17)18)7-10-6-11(15)5-9-3-2-4-19-13(9)10/h2-6,12,21H,7-8H2,1H3. The molecule has 0 aliphatic carbocycles. The van der Waals surface area contributed by atoms with Crippen LogP contribution in [0.25, 0.3) is 10.9 Å². The highest BCUT2D eigenvalue weighted by atomic mass is 19.4. The van der Waals surface area contributed by atoms with E-state index >= 15 is 0 Å². The maximum Gasteiger partial charge on any atom is 0.415 e. The van der Waals surface area contributed by atoms with Crippen LogP contribution in [0.2, 0.25) is 0 Å². The molecule has 0 saturated carbocycles. The molecule has 0 saturated heterocycles. The van der Waals surface area contributed by atoms with E-state index in [1.54, 1.807) is 12.1 Å². The van der Waals surface area contributed by atoms with Gasteiger partial charge in [-0.3, -0.25) is 9.88 Å². The van der Waals surface area contributed by atoms with Gasteiger partial charge in [0.05, 0.1) is 5.52 Å². The zero-order valence-corrected chi connectivity index (χ0v) is 11.2. The number of alkyl halides is 3. The first-order valence-electron chi connectivity index (χ1n) is 6.24. The lowest BCUT2D eigenvalue weighted by molar-refractivity contribution is -0.207. The summed E-state index contributed by atoms with van der Waals surface area (Å²) in [6, 6.07) is 5.89. The highest BCUT2D eigenvalue weighted by molar-refractivity contribution is 5.81. The van der Waals surface area contributed by atoms with Crippen LogP contribution >= 0.6 is 0 Å². The molecule has 0 spiro atoms. The first-order chi connectivity index (χ1) is 9.77. The second kappa shape index (κ2) is 5.95. The lowest BCUT2D eigenvalue weighted by atomic mass is 10.1. The van der Waals surface area contributed by atoms with Crippen LogP contribution in [0.4, 0.5) is 17.6 Å². The molecule has 1 aromatic heterocycles. The van der Waals surface area contributed by atoms with Crippen molar-refractivity contribution in [1.82, 2.24) is 9.88 Å². The Morgan fingerprint density at radius 1 is 1.33 bits per heavy atom. The van der Waals surface area contributed by atoms with E-state index in [-0.39, 0.29) is 6.54 Å². The van der Waals surface area contributed by atoms with Crippen LogP contribution in [0.5, 0.6) is 0 Å². The number of hydrogen-bond acceptors (Lipinski definition) is 3. The predicted octanol–water partition coefficient (Wildman–Crippen LogP) is 2.73. The first kappa shape index (κ1) is 15.7. The maximum absolute atomic E-state index is 13.5. The molecule has 1 aromatic carbocycles. The topological polar surface area (TPSA) is 36.4 Å². The van der Waals surface area contributed by atoms with Crippen LogP contribution in [0.3, 0.4) is 0 Å².